The summed E-state index contributed by atoms with van der Waals surface area (Å²) >= 11 is 0. The van der Waals surface area contributed by atoms with E-state index < -0.39 is 0 Å². The predicted octanol–water partition coefficient (Wildman–Crippen LogP) is 2.20. The predicted molar refractivity (Wildman–Crippen MR) is 138 cm³/mol. The number of hydrogen-bond donors (Lipinski definition) is 1. The Labute approximate surface area is 209 Å². The highest BCUT2D eigenvalue weighted by molar-refractivity contribution is 14.0. The van der Waals surface area contributed by atoms with Gasteiger partial charge >= 0.3 is 0 Å². The molecule has 0 bridgehead atoms. The molecule has 0 saturated carbocycles. The third kappa shape index (κ3) is 6.95. The van der Waals surface area contributed by atoms with Crippen molar-refractivity contribution in [2.45, 2.75) is 31.9 Å². The van der Waals surface area contributed by atoms with Gasteiger partial charge in [-0.05, 0) is 51.6 Å². The molecule has 0 radical (unpaired) electrons. The summed E-state index contributed by atoms with van der Waals surface area (Å²) in [5.74, 6) is 1.90. The van der Waals surface area contributed by atoms with Crippen LogP contribution in [0, 0.1) is 0 Å². The summed E-state index contributed by atoms with van der Waals surface area (Å²) in [6, 6.07) is 8.31. The largest absolute Gasteiger partial charge is 0.497 e. The third-order valence-electron chi connectivity index (χ3n) is 5.95. The van der Waals surface area contributed by atoms with Gasteiger partial charge in [0.1, 0.15) is 11.9 Å². The maximum Gasteiger partial charge on any atom is 0.251 e. The summed E-state index contributed by atoms with van der Waals surface area (Å²) < 4.78 is 11.0. The first-order valence-electron chi connectivity index (χ1n) is 11.3. The molecule has 2 aliphatic heterocycles. The van der Waals surface area contributed by atoms with Gasteiger partial charge in [0.2, 0.25) is 0 Å². The van der Waals surface area contributed by atoms with Gasteiger partial charge in [0, 0.05) is 39.3 Å². The number of likely N-dealkylation sites (N-methyl/N-ethyl adjacent to an activating group) is 1. The molecule has 9 heteroatoms. The van der Waals surface area contributed by atoms with Gasteiger partial charge in [-0.2, -0.15) is 0 Å². The Hall–Kier alpha value is -1.59. The van der Waals surface area contributed by atoms with Crippen LogP contribution in [0.5, 0.6) is 5.75 Å². The minimum atomic E-state index is -0.239. The first kappa shape index (κ1) is 26.7. The fourth-order valence-corrected chi connectivity index (χ4v) is 4.13. The molecule has 0 aliphatic carbocycles. The number of hydrogen-bond acceptors (Lipinski definition) is 5. The normalized spacial score (nSPS) is 20.2. The second-order valence-corrected chi connectivity index (χ2v) is 8.26. The molecule has 2 heterocycles. The van der Waals surface area contributed by atoms with E-state index in [2.05, 4.69) is 48.3 Å². The Morgan fingerprint density at radius 3 is 2.59 bits per heavy atom. The molecule has 2 aliphatic rings. The number of carbonyl (C=O) groups excluding carboxylic acids is 1. The van der Waals surface area contributed by atoms with Gasteiger partial charge in [-0.1, -0.05) is 12.1 Å². The lowest BCUT2D eigenvalue weighted by molar-refractivity contribution is -0.142. The monoisotopic (exact) mass is 559 g/mol. The Kier molecular flexibility index (Phi) is 11.0. The molecule has 180 valence electrons. The number of amides is 1. The number of methoxy groups -OCH3 is 1. The number of halogens is 1. The molecule has 0 spiro atoms. The van der Waals surface area contributed by atoms with Crippen LogP contribution in [0.2, 0.25) is 0 Å². The van der Waals surface area contributed by atoms with E-state index in [4.69, 9.17) is 14.5 Å². The van der Waals surface area contributed by atoms with Crippen LogP contribution >= 0.6 is 24.0 Å². The van der Waals surface area contributed by atoms with Gasteiger partial charge in [0.15, 0.2) is 5.96 Å². The molecule has 1 amide bonds. The standard InChI is InChI=1S/C23H37N5O3.HI/c1-5-24-23(25-17-20(26(2)3)18-8-6-9-19(16-18)30-4)28-13-11-27(12-14-28)22(29)21-10-7-15-31-21;/h6,8-9,16,20-21H,5,7,10-15,17H2,1-4H3,(H,24,25);1H. The zero-order chi connectivity index (χ0) is 22.2. The number of guanidine groups is 1. The zero-order valence-electron chi connectivity index (χ0n) is 19.7. The summed E-state index contributed by atoms with van der Waals surface area (Å²) in [6.07, 6.45) is 1.59. The molecule has 2 unspecified atom stereocenters. The van der Waals surface area contributed by atoms with Gasteiger partial charge in [0.05, 0.1) is 19.7 Å². The lowest BCUT2D eigenvalue weighted by Gasteiger charge is -2.37. The number of aliphatic imine (C=N–C) groups is 1. The third-order valence-corrected chi connectivity index (χ3v) is 5.95. The average Bonchev–Trinajstić information content (AvgIpc) is 3.33. The van der Waals surface area contributed by atoms with Crippen molar-refractivity contribution >= 4 is 35.8 Å². The van der Waals surface area contributed by atoms with Gasteiger partial charge in [-0.15, -0.1) is 24.0 Å². The Balaban J connectivity index is 0.00000363. The molecule has 2 atom stereocenters. The Bertz CT molecular complexity index is 747. The average molecular weight is 559 g/mol. The van der Waals surface area contributed by atoms with Crippen LogP contribution < -0.4 is 10.1 Å². The van der Waals surface area contributed by atoms with Crippen LogP contribution in [-0.2, 0) is 9.53 Å². The Morgan fingerprint density at radius 1 is 1.28 bits per heavy atom. The quantitative estimate of drug-likeness (QED) is 0.314. The summed E-state index contributed by atoms with van der Waals surface area (Å²) in [7, 11) is 5.83. The minimum Gasteiger partial charge on any atom is -0.497 e. The molecule has 3 rings (SSSR count). The number of nitrogens with one attached hydrogen (secondary N) is 1. The van der Waals surface area contributed by atoms with Crippen LogP contribution in [0.15, 0.2) is 29.3 Å². The summed E-state index contributed by atoms with van der Waals surface area (Å²) in [4.78, 5) is 24.0. The van der Waals surface area contributed by atoms with Crippen molar-refractivity contribution in [1.29, 1.82) is 0 Å². The van der Waals surface area contributed by atoms with E-state index in [-0.39, 0.29) is 42.0 Å². The topological polar surface area (TPSA) is 69.6 Å². The number of benzene rings is 1. The summed E-state index contributed by atoms with van der Waals surface area (Å²) in [5.41, 5.74) is 1.18. The lowest BCUT2D eigenvalue weighted by atomic mass is 10.1. The van der Waals surface area contributed by atoms with E-state index in [0.717, 1.165) is 44.2 Å². The second-order valence-electron chi connectivity index (χ2n) is 8.26. The smallest absolute Gasteiger partial charge is 0.251 e. The SMILES string of the molecule is CCNC(=NCC(c1cccc(OC)c1)N(C)C)N1CCN(C(=O)C2CCCO2)CC1.I. The molecule has 2 fully saturated rings. The molecule has 1 aromatic carbocycles. The molecule has 1 aromatic rings. The van der Waals surface area contributed by atoms with Crippen molar-refractivity contribution in [3.63, 3.8) is 0 Å². The number of nitrogens with zero attached hydrogens (tertiary/aromatic N) is 4. The highest BCUT2D eigenvalue weighted by atomic mass is 127. The fraction of sp³-hybridized carbons (Fsp3) is 0.652. The van der Waals surface area contributed by atoms with Gasteiger partial charge < -0.3 is 29.5 Å². The van der Waals surface area contributed by atoms with E-state index in [1.165, 1.54) is 5.56 Å². The van der Waals surface area contributed by atoms with Crippen molar-refractivity contribution < 1.29 is 14.3 Å². The van der Waals surface area contributed by atoms with Gasteiger partial charge in [-0.3, -0.25) is 9.79 Å². The number of ether oxygens (including phenoxy) is 2. The van der Waals surface area contributed by atoms with Crippen LogP contribution in [0.3, 0.4) is 0 Å². The molecule has 2 saturated heterocycles. The summed E-state index contributed by atoms with van der Waals surface area (Å²) in [6.45, 7) is 7.18. The first-order valence-corrected chi connectivity index (χ1v) is 11.3. The highest BCUT2D eigenvalue weighted by Crippen LogP contribution is 2.23. The van der Waals surface area contributed by atoms with Crippen molar-refractivity contribution in [2.75, 3.05) is 67.1 Å². The maximum absolute atomic E-state index is 12.6. The molecule has 0 aromatic heterocycles. The molecule has 1 N–H and O–H groups in total. The Morgan fingerprint density at radius 2 is 2.00 bits per heavy atom. The van der Waals surface area contributed by atoms with Crippen molar-refractivity contribution in [3.8, 4) is 5.75 Å². The van der Waals surface area contributed by atoms with Crippen LogP contribution in [-0.4, -0.2) is 99.8 Å². The van der Waals surface area contributed by atoms with Crippen molar-refractivity contribution in [2.24, 2.45) is 4.99 Å². The molecular formula is C23H38IN5O3. The van der Waals surface area contributed by atoms with E-state index in [1.807, 2.05) is 17.0 Å². The highest BCUT2D eigenvalue weighted by Gasteiger charge is 2.31. The van der Waals surface area contributed by atoms with E-state index in [1.54, 1.807) is 7.11 Å². The fourth-order valence-electron chi connectivity index (χ4n) is 4.13. The zero-order valence-corrected chi connectivity index (χ0v) is 22.1. The van der Waals surface area contributed by atoms with E-state index in [0.29, 0.717) is 26.2 Å². The number of rotatable bonds is 7. The van der Waals surface area contributed by atoms with E-state index in [9.17, 15) is 4.79 Å². The van der Waals surface area contributed by atoms with Crippen molar-refractivity contribution in [3.05, 3.63) is 29.8 Å². The summed E-state index contributed by atoms with van der Waals surface area (Å²) in [5, 5.41) is 3.42. The molecular weight excluding hydrogens is 521 g/mol. The minimum absolute atomic E-state index is 0. The van der Waals surface area contributed by atoms with Gasteiger partial charge in [0.25, 0.3) is 5.91 Å². The number of piperazine rings is 1. The first-order chi connectivity index (χ1) is 15.0. The van der Waals surface area contributed by atoms with Crippen LogP contribution in [0.4, 0.5) is 0 Å². The molecule has 8 nitrogen and oxygen atoms in total. The van der Waals surface area contributed by atoms with Gasteiger partial charge in [-0.25, -0.2) is 0 Å². The second kappa shape index (κ2) is 13.2. The van der Waals surface area contributed by atoms with E-state index >= 15 is 0 Å². The molecule has 32 heavy (non-hydrogen) atoms. The van der Waals surface area contributed by atoms with Crippen molar-refractivity contribution in [1.82, 2.24) is 20.0 Å². The number of carbonyl (C=O) groups is 1. The lowest BCUT2D eigenvalue weighted by Crippen LogP contribution is -2.55. The van der Waals surface area contributed by atoms with Crippen LogP contribution in [0.1, 0.15) is 31.4 Å². The van der Waals surface area contributed by atoms with Crippen LogP contribution in [0.25, 0.3) is 0 Å². The maximum atomic E-state index is 12.6.